The van der Waals surface area contributed by atoms with Gasteiger partial charge in [0.25, 0.3) is 5.91 Å². The second-order valence-corrected chi connectivity index (χ2v) is 6.04. The highest BCUT2D eigenvalue weighted by atomic mass is 19.1. The largest absolute Gasteiger partial charge is 0.473 e. The number of benzene rings is 1. The Balaban J connectivity index is 0.000000409. The second kappa shape index (κ2) is 10.1. The zero-order valence-electron chi connectivity index (χ0n) is 15.0. The maximum Gasteiger partial charge on any atom is 0.414 e. The van der Waals surface area contributed by atoms with Gasteiger partial charge in [-0.05, 0) is 42.0 Å². The minimum absolute atomic E-state index is 0.0245. The first kappa shape index (κ1) is 21.0. The fourth-order valence-corrected chi connectivity index (χ4v) is 2.63. The molecule has 3 rings (SSSR count). The molecule has 1 fully saturated rings. The van der Waals surface area contributed by atoms with Crippen LogP contribution in [-0.4, -0.2) is 69.0 Å². The van der Waals surface area contributed by atoms with Crippen LogP contribution in [0.15, 0.2) is 48.8 Å². The average molecular weight is 389 g/mol. The zero-order valence-corrected chi connectivity index (χ0v) is 15.0. The lowest BCUT2D eigenvalue weighted by atomic mass is 10.1. The molecule has 2 aromatic rings. The van der Waals surface area contributed by atoms with E-state index in [1.165, 1.54) is 17.7 Å². The molecule has 2 N–H and O–H groups in total. The van der Waals surface area contributed by atoms with Crippen LogP contribution in [0.5, 0.6) is 0 Å². The number of pyridine rings is 1. The van der Waals surface area contributed by atoms with Gasteiger partial charge in [0.15, 0.2) is 0 Å². The molecule has 0 radical (unpaired) electrons. The molecule has 1 saturated heterocycles. The van der Waals surface area contributed by atoms with E-state index in [2.05, 4.69) is 9.88 Å². The van der Waals surface area contributed by atoms with Crippen molar-refractivity contribution in [2.45, 2.75) is 6.54 Å². The van der Waals surface area contributed by atoms with E-state index < -0.39 is 11.9 Å². The molecule has 1 aromatic carbocycles. The maximum absolute atomic E-state index is 12.9. The third-order valence-electron chi connectivity index (χ3n) is 4.09. The molecule has 0 saturated carbocycles. The molecular weight excluding hydrogens is 369 g/mol. The number of carbonyl (C=O) groups excluding carboxylic acids is 1. The summed E-state index contributed by atoms with van der Waals surface area (Å²) in [6.07, 6.45) is 3.59. The van der Waals surface area contributed by atoms with Crippen molar-refractivity contribution in [1.29, 1.82) is 0 Å². The van der Waals surface area contributed by atoms with E-state index in [1.807, 2.05) is 17.0 Å². The van der Waals surface area contributed by atoms with E-state index in [1.54, 1.807) is 24.5 Å². The molecule has 1 amide bonds. The van der Waals surface area contributed by atoms with Gasteiger partial charge in [-0.25, -0.2) is 14.0 Å². The highest BCUT2D eigenvalue weighted by Crippen LogP contribution is 2.12. The number of rotatable bonds is 3. The van der Waals surface area contributed by atoms with Gasteiger partial charge in [-0.1, -0.05) is 0 Å². The molecule has 8 nitrogen and oxygen atoms in total. The van der Waals surface area contributed by atoms with E-state index in [4.69, 9.17) is 19.8 Å². The SMILES string of the molecule is O=C(O)C(=O)O.O=C(c1ccc(F)cc1)N1CCN(Cc2ccncc2)CC1. The molecule has 0 bridgehead atoms. The topological polar surface area (TPSA) is 111 Å². The summed E-state index contributed by atoms with van der Waals surface area (Å²) in [6, 6.07) is 9.76. The number of aromatic nitrogens is 1. The van der Waals surface area contributed by atoms with Crippen LogP contribution in [0.2, 0.25) is 0 Å². The molecule has 0 atom stereocenters. The number of nitrogens with zero attached hydrogens (tertiary/aromatic N) is 3. The van der Waals surface area contributed by atoms with Gasteiger partial charge < -0.3 is 15.1 Å². The fourth-order valence-electron chi connectivity index (χ4n) is 2.63. The number of carbonyl (C=O) groups is 3. The molecule has 2 heterocycles. The van der Waals surface area contributed by atoms with Crippen molar-refractivity contribution in [3.8, 4) is 0 Å². The van der Waals surface area contributed by atoms with Crippen LogP contribution in [-0.2, 0) is 16.1 Å². The van der Waals surface area contributed by atoms with E-state index in [9.17, 15) is 9.18 Å². The van der Waals surface area contributed by atoms with E-state index in [-0.39, 0.29) is 11.7 Å². The standard InChI is InChI=1S/C17H18FN3O.C2H2O4/c18-16-3-1-15(2-4-16)17(22)21-11-9-20(10-12-21)13-14-5-7-19-8-6-14;3-1(4)2(5)6/h1-8H,9-13H2;(H,3,4)(H,5,6). The number of hydrogen-bond acceptors (Lipinski definition) is 5. The van der Waals surface area contributed by atoms with Gasteiger partial charge in [0.05, 0.1) is 0 Å². The average Bonchev–Trinajstić information content (AvgIpc) is 2.70. The predicted octanol–water partition coefficient (Wildman–Crippen LogP) is 1.33. The number of amides is 1. The summed E-state index contributed by atoms with van der Waals surface area (Å²) in [4.78, 5) is 38.7. The number of carboxylic acids is 2. The summed E-state index contributed by atoms with van der Waals surface area (Å²) in [5.74, 6) is -3.99. The van der Waals surface area contributed by atoms with Gasteiger partial charge >= 0.3 is 11.9 Å². The maximum atomic E-state index is 12.9. The minimum atomic E-state index is -1.82. The van der Waals surface area contributed by atoms with Gasteiger partial charge in [-0.3, -0.25) is 14.7 Å². The van der Waals surface area contributed by atoms with Crippen LogP contribution in [0, 0.1) is 5.82 Å². The molecule has 148 valence electrons. The fraction of sp³-hybridized carbons (Fsp3) is 0.263. The summed E-state index contributed by atoms with van der Waals surface area (Å²) < 4.78 is 12.9. The smallest absolute Gasteiger partial charge is 0.414 e. The van der Waals surface area contributed by atoms with Crippen molar-refractivity contribution in [2.75, 3.05) is 26.2 Å². The zero-order chi connectivity index (χ0) is 20.5. The van der Waals surface area contributed by atoms with Crippen molar-refractivity contribution in [1.82, 2.24) is 14.8 Å². The molecule has 0 unspecified atom stereocenters. The normalized spacial score (nSPS) is 14.0. The predicted molar refractivity (Wildman–Crippen MR) is 97.1 cm³/mol. The summed E-state index contributed by atoms with van der Waals surface area (Å²) in [5.41, 5.74) is 1.78. The molecule has 0 aliphatic carbocycles. The van der Waals surface area contributed by atoms with E-state index in [0.717, 1.165) is 19.6 Å². The Morgan fingerprint density at radius 1 is 0.893 bits per heavy atom. The Labute approximate surface area is 160 Å². The third kappa shape index (κ3) is 6.44. The first-order valence-corrected chi connectivity index (χ1v) is 8.49. The lowest BCUT2D eigenvalue weighted by Crippen LogP contribution is -2.48. The van der Waals surface area contributed by atoms with Gasteiger partial charge in [0.1, 0.15) is 5.82 Å². The lowest BCUT2D eigenvalue weighted by Gasteiger charge is -2.34. The number of carboxylic acid groups (broad SMARTS) is 2. The molecular formula is C19H20FN3O5. The van der Waals surface area contributed by atoms with Gasteiger partial charge in [-0.15, -0.1) is 0 Å². The monoisotopic (exact) mass is 389 g/mol. The van der Waals surface area contributed by atoms with Crippen LogP contribution in [0.1, 0.15) is 15.9 Å². The van der Waals surface area contributed by atoms with Crippen molar-refractivity contribution in [3.63, 3.8) is 0 Å². The number of halogens is 1. The van der Waals surface area contributed by atoms with Crippen molar-refractivity contribution < 1.29 is 29.0 Å². The first-order valence-electron chi connectivity index (χ1n) is 8.49. The van der Waals surface area contributed by atoms with Crippen LogP contribution in [0.4, 0.5) is 4.39 Å². The molecule has 0 spiro atoms. The summed E-state index contributed by atoms with van der Waals surface area (Å²) in [6.45, 7) is 3.95. The number of piperazine rings is 1. The van der Waals surface area contributed by atoms with Crippen LogP contribution in [0.3, 0.4) is 0 Å². The van der Waals surface area contributed by atoms with Crippen molar-refractivity contribution in [2.24, 2.45) is 0 Å². The van der Waals surface area contributed by atoms with Gasteiger partial charge in [0, 0.05) is 50.7 Å². The number of hydrogen-bond donors (Lipinski definition) is 2. The molecule has 9 heteroatoms. The summed E-state index contributed by atoms with van der Waals surface area (Å²) >= 11 is 0. The second-order valence-electron chi connectivity index (χ2n) is 6.04. The Hall–Kier alpha value is -3.33. The van der Waals surface area contributed by atoms with Crippen LogP contribution >= 0.6 is 0 Å². The molecule has 1 aliphatic heterocycles. The van der Waals surface area contributed by atoms with Crippen LogP contribution in [0.25, 0.3) is 0 Å². The Kier molecular flexibility index (Phi) is 7.58. The van der Waals surface area contributed by atoms with E-state index in [0.29, 0.717) is 18.7 Å². The Morgan fingerprint density at radius 3 is 1.93 bits per heavy atom. The minimum Gasteiger partial charge on any atom is -0.473 e. The van der Waals surface area contributed by atoms with E-state index >= 15 is 0 Å². The molecule has 1 aromatic heterocycles. The Morgan fingerprint density at radius 2 is 1.43 bits per heavy atom. The molecule has 1 aliphatic rings. The summed E-state index contributed by atoms with van der Waals surface area (Å²) in [7, 11) is 0. The van der Waals surface area contributed by atoms with Crippen molar-refractivity contribution in [3.05, 3.63) is 65.7 Å². The lowest BCUT2D eigenvalue weighted by molar-refractivity contribution is -0.159. The number of aliphatic carboxylic acids is 2. The third-order valence-corrected chi connectivity index (χ3v) is 4.09. The van der Waals surface area contributed by atoms with Crippen LogP contribution < -0.4 is 0 Å². The quantitative estimate of drug-likeness (QED) is 0.762. The first-order chi connectivity index (χ1) is 13.4. The summed E-state index contributed by atoms with van der Waals surface area (Å²) in [5, 5.41) is 14.8. The Bertz CT molecular complexity index is 794. The van der Waals surface area contributed by atoms with Crippen molar-refractivity contribution >= 4 is 17.8 Å². The highest BCUT2D eigenvalue weighted by Gasteiger charge is 2.22. The van der Waals surface area contributed by atoms with Gasteiger partial charge in [-0.2, -0.15) is 0 Å². The molecule has 28 heavy (non-hydrogen) atoms. The van der Waals surface area contributed by atoms with Gasteiger partial charge in [0.2, 0.25) is 0 Å². The highest BCUT2D eigenvalue weighted by molar-refractivity contribution is 6.27.